The Balaban J connectivity index is 0.000000878. The Morgan fingerprint density at radius 2 is 0.373 bits per heavy atom. The number of benzene rings is 7. The molecule has 0 spiro atoms. The van der Waals surface area contributed by atoms with Crippen LogP contribution in [0.5, 0.6) is 0 Å². The standard InChI is InChI=1S/C22H35NO2.C20H32N2O2.C20H31NO2.C18H28N2O2.C18H27NO2.C16H25NO.C16H24O/c1-21(2,3)16-10-8-7-9-11-19(24)23-18-14-12-17(13-15-18)20(25)22(4,5)6;1-19(2,3)18(24)15-10-12-16(13-11-15)22-17(23)9-7-8-14-21-20(4,5)6;1-19(2,3)14-8-7-9-17(22)21-16-12-10-15(11-13-16)18(23)20(4,5)6;1-17(2,3)16(22)13-7-9-14(10-8-13)20-15(21)11-12-19-18(4,5)6;1-17(2,3)12-11-15(20)19-14-9-7-13(8-10-14)16(21)18(4,5)6;1-15(2,3)14(18)13-9-7-12(8-10-13)11-17-16(4,5)6;1-15(2,3)11-12-7-9-13(10-8-12)14(17)16(4,5)6/h12-15H,7-11,16H2,1-6H3,(H,23,24);10-13,21H,7-9,14H2,1-6H3,(H,22,23);10-13H,7-9,14H2,1-6H3,(H,21,22);7-10,19H,11-12H2,1-6H3,(H,20,21);7-10H,11-12H2,1-6H3,(H,19,20);7-10,17H,11H2,1-6H3;7-10H,11H2,1-6H3. The number of carbonyl (C=O) groups is 12. The first-order valence-electron chi connectivity index (χ1n) is 54.4. The Morgan fingerprint density at radius 3 is 0.600 bits per heavy atom. The molecule has 0 aliphatic carbocycles. The molecule has 20 heteroatoms. The molecule has 7 rings (SSSR count). The van der Waals surface area contributed by atoms with Crippen molar-refractivity contribution in [1.82, 2.24) is 16.0 Å². The van der Waals surface area contributed by atoms with Crippen LogP contribution < -0.4 is 42.5 Å². The highest BCUT2D eigenvalue weighted by atomic mass is 16.2. The minimum atomic E-state index is -0.399. The lowest BCUT2D eigenvalue weighted by molar-refractivity contribution is -0.117. The minimum Gasteiger partial charge on any atom is -0.326 e. The highest BCUT2D eigenvalue weighted by Crippen LogP contribution is 2.33. The van der Waals surface area contributed by atoms with E-state index in [0.29, 0.717) is 83.0 Å². The van der Waals surface area contributed by atoms with E-state index in [9.17, 15) is 57.5 Å². The van der Waals surface area contributed by atoms with Gasteiger partial charge in [-0.05, 0) is 274 Å². The molecule has 0 aliphatic heterocycles. The number of carbonyl (C=O) groups excluding carboxylic acids is 12. The van der Waals surface area contributed by atoms with Gasteiger partial charge in [0.25, 0.3) is 0 Å². The zero-order valence-corrected chi connectivity index (χ0v) is 101. The van der Waals surface area contributed by atoms with E-state index in [4.69, 9.17) is 0 Å². The largest absolute Gasteiger partial charge is 0.326 e. The van der Waals surface area contributed by atoms with Gasteiger partial charge in [0.15, 0.2) is 40.5 Å². The Morgan fingerprint density at radius 1 is 0.180 bits per heavy atom. The van der Waals surface area contributed by atoms with Crippen molar-refractivity contribution in [3.8, 4) is 0 Å². The summed E-state index contributed by atoms with van der Waals surface area (Å²) in [6.45, 7) is 88.1. The zero-order chi connectivity index (χ0) is 116. The van der Waals surface area contributed by atoms with Gasteiger partial charge in [-0.25, -0.2) is 0 Å². The van der Waals surface area contributed by atoms with Crippen molar-refractivity contribution < 1.29 is 57.5 Å². The number of nitrogens with one attached hydrogen (secondary N) is 8. The lowest BCUT2D eigenvalue weighted by atomic mass is 9.84. The number of unbranched alkanes of at least 4 members (excludes halogenated alkanes) is 5. The average Bonchev–Trinajstić information content (AvgIpc) is 0.882. The third kappa shape index (κ3) is 63.7. The van der Waals surface area contributed by atoms with Crippen molar-refractivity contribution in [2.45, 2.75) is 423 Å². The molecule has 5 amide bonds. The second kappa shape index (κ2) is 60.8. The molecule has 0 radical (unpaired) electrons. The number of rotatable bonds is 35. The van der Waals surface area contributed by atoms with Gasteiger partial charge in [0.1, 0.15) is 0 Å². The fourth-order valence-corrected chi connectivity index (χ4v) is 14.3. The maximum absolute atomic E-state index is 12.2. The van der Waals surface area contributed by atoms with E-state index in [1.54, 1.807) is 121 Å². The van der Waals surface area contributed by atoms with Crippen molar-refractivity contribution in [2.24, 2.45) is 59.6 Å². The first kappa shape index (κ1) is 137. The van der Waals surface area contributed by atoms with E-state index < -0.39 is 27.1 Å². The van der Waals surface area contributed by atoms with Crippen LogP contribution >= 0.6 is 0 Å². The third-order valence-electron chi connectivity index (χ3n) is 23.2. The van der Waals surface area contributed by atoms with Gasteiger partial charge in [0.2, 0.25) is 29.5 Å². The molecule has 0 unspecified atom stereocenters. The topological polar surface area (TPSA) is 301 Å². The molecule has 834 valence electrons. The molecule has 0 atom stereocenters. The molecular formula is C130H202N8O12. The van der Waals surface area contributed by atoms with Gasteiger partial charge in [-0.1, -0.05) is 303 Å². The van der Waals surface area contributed by atoms with Crippen LogP contribution in [0.15, 0.2) is 170 Å². The number of Topliss-reactive ketones (excluding diaryl/α,β-unsaturated/α-hetero) is 7. The minimum absolute atomic E-state index is 0.00917. The van der Waals surface area contributed by atoms with Gasteiger partial charge in [-0.15, -0.1) is 0 Å². The van der Waals surface area contributed by atoms with Crippen molar-refractivity contribution in [1.29, 1.82) is 0 Å². The molecule has 150 heavy (non-hydrogen) atoms. The number of amides is 5. The molecule has 0 aromatic heterocycles. The van der Waals surface area contributed by atoms with E-state index in [2.05, 4.69) is 200 Å². The summed E-state index contributed by atoms with van der Waals surface area (Å²) in [6.07, 6.45) is 15.0. The fourth-order valence-electron chi connectivity index (χ4n) is 14.3. The summed E-state index contributed by atoms with van der Waals surface area (Å²) in [5.41, 5.74) is 10.00. The average molecular weight is 2070 g/mol. The van der Waals surface area contributed by atoms with E-state index in [-0.39, 0.29) is 108 Å². The van der Waals surface area contributed by atoms with Crippen LogP contribution in [0.25, 0.3) is 0 Å². The van der Waals surface area contributed by atoms with Gasteiger partial charge < -0.3 is 42.5 Å². The second-order valence-electron chi connectivity index (χ2n) is 55.3. The van der Waals surface area contributed by atoms with Gasteiger partial charge in [-0.2, -0.15) is 0 Å². The van der Waals surface area contributed by atoms with Crippen LogP contribution in [-0.4, -0.2) is 99.7 Å². The third-order valence-corrected chi connectivity index (χ3v) is 23.2. The summed E-state index contributed by atoms with van der Waals surface area (Å²) in [7, 11) is 0. The van der Waals surface area contributed by atoms with E-state index in [1.807, 2.05) is 182 Å². The Bertz CT molecular complexity index is 5330. The maximum atomic E-state index is 12.2. The van der Waals surface area contributed by atoms with Crippen molar-refractivity contribution in [3.63, 3.8) is 0 Å². The Labute approximate surface area is 908 Å². The van der Waals surface area contributed by atoms with E-state index in [1.165, 1.54) is 30.4 Å². The van der Waals surface area contributed by atoms with Gasteiger partial charge in [0.05, 0.1) is 0 Å². The fraction of sp³-hybridized carbons (Fsp3) is 0.585. The van der Waals surface area contributed by atoms with Crippen LogP contribution in [-0.2, 0) is 36.9 Å². The van der Waals surface area contributed by atoms with Crippen molar-refractivity contribution in [2.75, 3.05) is 39.7 Å². The quantitative estimate of drug-likeness (QED) is 0.0135. The van der Waals surface area contributed by atoms with Crippen LogP contribution in [0.4, 0.5) is 28.4 Å². The van der Waals surface area contributed by atoms with E-state index in [0.717, 1.165) is 105 Å². The predicted molar refractivity (Wildman–Crippen MR) is 632 cm³/mol. The van der Waals surface area contributed by atoms with Crippen LogP contribution in [0.2, 0.25) is 0 Å². The summed E-state index contributed by atoms with van der Waals surface area (Å²) in [5.74, 6) is 1.00. The number of hydrogen-bond donors (Lipinski definition) is 8. The van der Waals surface area contributed by atoms with E-state index >= 15 is 0 Å². The SMILES string of the molecule is CC(C)(C)CCC(=O)Nc1ccc(C(=O)C(C)(C)C)cc1.CC(C)(C)CCCCC(=O)Nc1ccc(C(=O)C(C)(C)C)cc1.CC(C)(C)CCCCCCC(=O)Nc1ccc(C(=O)C(C)(C)C)cc1.CC(C)(C)Cc1ccc(C(=O)C(C)(C)C)cc1.CC(C)(C)NCCC(=O)Nc1ccc(C(=O)C(C)(C)C)cc1.CC(C)(C)NCCCCC(=O)Nc1ccc(C(=O)C(C)(C)C)cc1.CC(C)(C)NCc1ccc(C(=O)C(C)(C)C)cc1. The van der Waals surface area contributed by atoms with Gasteiger partial charge >= 0.3 is 0 Å². The molecular weight excluding hydrogens is 1870 g/mol. The molecule has 0 aliphatic rings. The molecule has 20 nitrogen and oxygen atoms in total. The van der Waals surface area contributed by atoms with Crippen LogP contribution in [0.3, 0.4) is 0 Å². The van der Waals surface area contributed by atoms with Gasteiger partial charge in [-0.3, -0.25) is 57.5 Å². The molecule has 0 bridgehead atoms. The summed E-state index contributed by atoms with van der Waals surface area (Å²) in [4.78, 5) is 145. The smallest absolute Gasteiger partial charge is 0.225 e. The summed E-state index contributed by atoms with van der Waals surface area (Å²) >= 11 is 0. The maximum Gasteiger partial charge on any atom is 0.225 e. The van der Waals surface area contributed by atoms with Crippen LogP contribution in [0.1, 0.15) is 477 Å². The molecule has 0 fully saturated rings. The van der Waals surface area contributed by atoms with Crippen LogP contribution in [0, 0.1) is 59.6 Å². The van der Waals surface area contributed by atoms with Crippen molar-refractivity contribution >= 4 is 98.5 Å². The summed E-state index contributed by atoms with van der Waals surface area (Å²) in [5, 5.41) is 24.5. The number of anilines is 5. The molecule has 8 N–H and O–H groups in total. The molecule has 7 aromatic carbocycles. The summed E-state index contributed by atoms with van der Waals surface area (Å²) in [6, 6.07) is 51.6. The Hall–Kier alpha value is -10.5. The molecule has 0 saturated heterocycles. The number of ketones is 7. The first-order chi connectivity index (χ1) is 68.1. The lowest BCUT2D eigenvalue weighted by Gasteiger charge is -2.21. The van der Waals surface area contributed by atoms with Gasteiger partial charge in [0, 0.05) is 167 Å². The predicted octanol–water partition coefficient (Wildman–Crippen LogP) is 32.7. The molecule has 0 heterocycles. The first-order valence-corrected chi connectivity index (χ1v) is 54.4. The second-order valence-corrected chi connectivity index (χ2v) is 55.3. The Kier molecular flexibility index (Phi) is 55.7. The van der Waals surface area contributed by atoms with Crippen molar-refractivity contribution in [3.05, 3.63) is 220 Å². The number of hydrogen-bond acceptors (Lipinski definition) is 15. The normalized spacial score (nSPS) is 12.2. The zero-order valence-electron chi connectivity index (χ0n) is 101. The molecule has 0 saturated carbocycles. The monoisotopic (exact) mass is 2070 g/mol. The highest BCUT2D eigenvalue weighted by Gasteiger charge is 2.31. The molecule has 7 aromatic rings. The summed E-state index contributed by atoms with van der Waals surface area (Å²) < 4.78 is 0. The lowest BCUT2D eigenvalue weighted by Crippen LogP contribution is -2.37. The highest BCUT2D eigenvalue weighted by molar-refractivity contribution is 6.05.